The van der Waals surface area contributed by atoms with E-state index in [0.717, 1.165) is 24.5 Å². The number of hydrogen-bond acceptors (Lipinski definition) is 5. The summed E-state index contributed by atoms with van der Waals surface area (Å²) in [4.78, 5) is 23.6. The quantitative estimate of drug-likeness (QED) is 0.925. The van der Waals surface area contributed by atoms with Crippen LogP contribution in [0.4, 0.5) is 11.6 Å². The highest BCUT2D eigenvalue weighted by atomic mass is 35.5. The number of hydrogen-bond donors (Lipinski definition) is 1. The van der Waals surface area contributed by atoms with Crippen LogP contribution in [0.2, 0.25) is 5.02 Å². The number of halogens is 1. The topological polar surface area (TPSA) is 67.3 Å². The van der Waals surface area contributed by atoms with Crippen molar-refractivity contribution in [1.82, 2.24) is 9.97 Å². The Kier molecular flexibility index (Phi) is 4.97. The molecule has 0 spiro atoms. The van der Waals surface area contributed by atoms with Gasteiger partial charge in [-0.1, -0.05) is 23.7 Å². The molecule has 6 nitrogen and oxygen atoms in total. The maximum Gasteiger partial charge on any atom is 0.257 e. The van der Waals surface area contributed by atoms with Crippen molar-refractivity contribution in [1.29, 1.82) is 0 Å². The second-order valence-corrected chi connectivity index (χ2v) is 6.01. The number of nitrogens with zero attached hydrogens (tertiary/aromatic N) is 3. The summed E-state index contributed by atoms with van der Waals surface area (Å²) in [6.45, 7) is 6.61. The van der Waals surface area contributed by atoms with Gasteiger partial charge in [-0.2, -0.15) is 0 Å². The third-order valence-electron chi connectivity index (χ3n) is 3.91. The van der Waals surface area contributed by atoms with Crippen molar-refractivity contribution < 1.29 is 9.53 Å². The minimum absolute atomic E-state index is 0.269. The van der Waals surface area contributed by atoms with Gasteiger partial charge >= 0.3 is 0 Å². The predicted molar refractivity (Wildman–Crippen MR) is 93.9 cm³/mol. The molecule has 3 rings (SSSR count). The molecule has 0 aliphatic carbocycles. The van der Waals surface area contributed by atoms with Crippen molar-refractivity contribution in [3.05, 3.63) is 46.2 Å². The first-order chi connectivity index (χ1) is 11.6. The molecule has 1 N–H and O–H groups in total. The Hall–Kier alpha value is -2.18. The molecule has 1 fully saturated rings. The fraction of sp³-hybridized carbons (Fsp3) is 0.353. The average molecular weight is 347 g/mol. The average Bonchev–Trinajstić information content (AvgIpc) is 2.59. The van der Waals surface area contributed by atoms with E-state index in [1.165, 1.54) is 0 Å². The summed E-state index contributed by atoms with van der Waals surface area (Å²) < 4.78 is 5.35. The first kappa shape index (κ1) is 16.7. The Morgan fingerprint density at radius 2 is 1.79 bits per heavy atom. The lowest BCUT2D eigenvalue weighted by atomic mass is 10.2. The van der Waals surface area contributed by atoms with Gasteiger partial charge in [-0.05, 0) is 26.0 Å². The van der Waals surface area contributed by atoms with Crippen LogP contribution in [0.25, 0.3) is 0 Å². The van der Waals surface area contributed by atoms with Crippen LogP contribution in [0.1, 0.15) is 21.7 Å². The van der Waals surface area contributed by atoms with Crippen molar-refractivity contribution >= 4 is 29.1 Å². The molecule has 0 atom stereocenters. The van der Waals surface area contributed by atoms with Gasteiger partial charge in [0.05, 0.1) is 40.9 Å². The van der Waals surface area contributed by atoms with Crippen LogP contribution >= 0.6 is 11.6 Å². The van der Waals surface area contributed by atoms with E-state index in [1.54, 1.807) is 24.3 Å². The third-order valence-corrected chi connectivity index (χ3v) is 4.24. The molecule has 2 heterocycles. The van der Waals surface area contributed by atoms with Gasteiger partial charge in [-0.15, -0.1) is 0 Å². The first-order valence-corrected chi connectivity index (χ1v) is 8.18. The SMILES string of the molecule is Cc1nc(N2CCOCC2)nc(C)c1NC(=O)c1ccccc1Cl. The largest absolute Gasteiger partial charge is 0.378 e. The van der Waals surface area contributed by atoms with Gasteiger partial charge in [-0.25, -0.2) is 9.97 Å². The van der Waals surface area contributed by atoms with Gasteiger partial charge in [0, 0.05) is 13.1 Å². The highest BCUT2D eigenvalue weighted by Crippen LogP contribution is 2.23. The lowest BCUT2D eigenvalue weighted by Crippen LogP contribution is -2.37. The molecule has 1 amide bonds. The number of amides is 1. The van der Waals surface area contributed by atoms with Crippen LogP contribution in [-0.2, 0) is 4.74 Å². The molecule has 1 aliphatic heterocycles. The second kappa shape index (κ2) is 7.15. The summed E-state index contributed by atoms with van der Waals surface area (Å²) in [5.41, 5.74) is 2.50. The maximum atomic E-state index is 12.4. The van der Waals surface area contributed by atoms with E-state index < -0.39 is 0 Å². The molecule has 7 heteroatoms. The van der Waals surface area contributed by atoms with E-state index in [-0.39, 0.29) is 5.91 Å². The minimum Gasteiger partial charge on any atom is -0.378 e. The summed E-state index contributed by atoms with van der Waals surface area (Å²) in [6, 6.07) is 6.94. The monoisotopic (exact) mass is 346 g/mol. The highest BCUT2D eigenvalue weighted by Gasteiger charge is 2.18. The van der Waals surface area contributed by atoms with E-state index in [4.69, 9.17) is 16.3 Å². The molecule has 2 aromatic rings. The molecule has 0 unspecified atom stereocenters. The van der Waals surface area contributed by atoms with Gasteiger partial charge in [0.2, 0.25) is 5.95 Å². The summed E-state index contributed by atoms with van der Waals surface area (Å²) in [6.07, 6.45) is 0. The number of anilines is 2. The van der Waals surface area contributed by atoms with E-state index in [2.05, 4.69) is 20.2 Å². The number of morpholine rings is 1. The Morgan fingerprint density at radius 3 is 2.42 bits per heavy atom. The van der Waals surface area contributed by atoms with E-state index in [9.17, 15) is 4.79 Å². The van der Waals surface area contributed by atoms with E-state index in [0.29, 0.717) is 35.4 Å². The van der Waals surface area contributed by atoms with Gasteiger partial charge < -0.3 is 15.0 Å². The van der Waals surface area contributed by atoms with Gasteiger partial charge in [0.15, 0.2) is 0 Å². The fourth-order valence-corrected chi connectivity index (χ4v) is 2.83. The zero-order valence-electron chi connectivity index (χ0n) is 13.7. The molecule has 1 aliphatic rings. The molecule has 126 valence electrons. The summed E-state index contributed by atoms with van der Waals surface area (Å²) in [7, 11) is 0. The summed E-state index contributed by atoms with van der Waals surface area (Å²) in [5.74, 6) is 0.401. The lowest BCUT2D eigenvalue weighted by molar-refractivity contribution is 0.102. The van der Waals surface area contributed by atoms with Crippen LogP contribution in [0.3, 0.4) is 0 Å². The molecular weight excluding hydrogens is 328 g/mol. The number of rotatable bonds is 3. The minimum atomic E-state index is -0.269. The van der Waals surface area contributed by atoms with Crippen molar-refractivity contribution in [2.45, 2.75) is 13.8 Å². The van der Waals surface area contributed by atoms with Crippen LogP contribution in [0.15, 0.2) is 24.3 Å². The smallest absolute Gasteiger partial charge is 0.257 e. The highest BCUT2D eigenvalue weighted by molar-refractivity contribution is 6.34. The Balaban J connectivity index is 1.83. The number of benzene rings is 1. The van der Waals surface area contributed by atoms with Gasteiger partial charge in [0.25, 0.3) is 5.91 Å². The van der Waals surface area contributed by atoms with Crippen LogP contribution in [-0.4, -0.2) is 42.2 Å². The number of aryl methyl sites for hydroxylation is 2. The molecular formula is C17H19ClN4O2. The number of carbonyl (C=O) groups excluding carboxylic acids is 1. The molecule has 1 aromatic carbocycles. The second-order valence-electron chi connectivity index (χ2n) is 5.60. The summed E-state index contributed by atoms with van der Waals surface area (Å²) in [5, 5.41) is 3.29. The van der Waals surface area contributed by atoms with Crippen LogP contribution in [0, 0.1) is 13.8 Å². The fourth-order valence-electron chi connectivity index (χ4n) is 2.61. The standard InChI is InChI=1S/C17H19ClN4O2/c1-11-15(21-16(23)13-5-3-4-6-14(13)18)12(2)20-17(19-11)22-7-9-24-10-8-22/h3-6H,7-10H2,1-2H3,(H,21,23). The Bertz CT molecular complexity index is 737. The first-order valence-electron chi connectivity index (χ1n) is 7.80. The van der Waals surface area contributed by atoms with Crippen LogP contribution < -0.4 is 10.2 Å². The third kappa shape index (κ3) is 3.49. The van der Waals surface area contributed by atoms with Crippen molar-refractivity contribution in [3.8, 4) is 0 Å². The Labute approximate surface area is 145 Å². The van der Waals surface area contributed by atoms with Crippen molar-refractivity contribution in [2.75, 3.05) is 36.5 Å². The maximum absolute atomic E-state index is 12.4. The normalized spacial score (nSPS) is 14.5. The zero-order valence-corrected chi connectivity index (χ0v) is 14.4. The van der Waals surface area contributed by atoms with E-state index >= 15 is 0 Å². The molecule has 0 radical (unpaired) electrons. The lowest BCUT2D eigenvalue weighted by Gasteiger charge is -2.27. The number of ether oxygens (including phenoxy) is 1. The molecule has 1 aromatic heterocycles. The van der Waals surface area contributed by atoms with Gasteiger partial charge in [-0.3, -0.25) is 4.79 Å². The summed E-state index contributed by atoms with van der Waals surface area (Å²) >= 11 is 6.08. The van der Waals surface area contributed by atoms with Crippen LogP contribution in [0.5, 0.6) is 0 Å². The molecule has 0 saturated carbocycles. The Morgan fingerprint density at radius 1 is 1.17 bits per heavy atom. The van der Waals surface area contributed by atoms with Gasteiger partial charge in [0.1, 0.15) is 0 Å². The molecule has 0 bridgehead atoms. The number of aromatic nitrogens is 2. The zero-order chi connectivity index (χ0) is 17.1. The van der Waals surface area contributed by atoms with E-state index in [1.807, 2.05) is 13.8 Å². The molecule has 24 heavy (non-hydrogen) atoms. The van der Waals surface area contributed by atoms with Crippen molar-refractivity contribution in [3.63, 3.8) is 0 Å². The predicted octanol–water partition coefficient (Wildman–Crippen LogP) is 2.84. The number of carbonyl (C=O) groups is 1. The number of nitrogens with one attached hydrogen (secondary N) is 1. The molecule has 1 saturated heterocycles. The van der Waals surface area contributed by atoms with Crippen molar-refractivity contribution in [2.24, 2.45) is 0 Å².